The fraction of sp³-hybridized carbons (Fsp3) is 0.364. The molecule has 0 spiro atoms. The number of aromatic hydroxyl groups is 1. The van der Waals surface area contributed by atoms with E-state index < -0.39 is 110 Å². The molecule has 258 valence electrons. The number of phenolic OH excluding ortho intramolecular Hbond substituents is 1. The number of phenols is 1. The largest absolute Gasteiger partial charge is 0.507 e. The van der Waals surface area contributed by atoms with Gasteiger partial charge in [0.05, 0.1) is 11.8 Å². The lowest BCUT2D eigenvalue weighted by Crippen LogP contribution is -2.60. The first kappa shape index (κ1) is 34.6. The van der Waals surface area contributed by atoms with Crippen LogP contribution in [0.15, 0.2) is 42.5 Å². The standard InChI is InChI=1S/C33H25Cl2F5N2O7/c1-2-5-13-6-3-7-16(27(13)45)20-14-9-10-15-19(29(47)41(28(15)46)11-4-8-18(43)44)17(14)12-32(34)30(48)42(31(49)33(20,32)35)26-24(39)22(37)21(36)23(38)25(26)40/h2-3,6-7,9,15,17,19-20,45H,1,4-5,8,10-12H2,(H,43,44). The Labute approximate surface area is 284 Å². The highest BCUT2D eigenvalue weighted by molar-refractivity contribution is 6.58. The second-order valence-corrected chi connectivity index (χ2v) is 13.6. The SMILES string of the molecule is C=CCc1cccc(C2C3=CCC4C(=O)N(CCCC(=O)O)C(=O)C4C3CC3(Cl)C(=O)N(c4c(F)c(F)c(F)c(F)c4F)C(=O)C23Cl)c1O. The number of carboxylic acids is 1. The number of likely N-dealkylation sites (tertiary alicyclic amines) is 1. The Kier molecular flexibility index (Phi) is 8.42. The number of carbonyl (C=O) groups is 5. The maximum atomic E-state index is 15.2. The molecule has 0 bridgehead atoms. The van der Waals surface area contributed by atoms with Gasteiger partial charge < -0.3 is 10.2 Å². The second kappa shape index (κ2) is 11.9. The van der Waals surface area contributed by atoms with E-state index in [9.17, 15) is 42.3 Å². The van der Waals surface area contributed by atoms with E-state index in [-0.39, 0.29) is 53.8 Å². The number of para-hydroxylation sites is 1. The van der Waals surface area contributed by atoms with E-state index in [4.69, 9.17) is 28.3 Å². The van der Waals surface area contributed by atoms with E-state index in [0.29, 0.717) is 0 Å². The molecule has 1 saturated carbocycles. The van der Waals surface area contributed by atoms with Gasteiger partial charge in [0.15, 0.2) is 33.0 Å². The molecule has 6 atom stereocenters. The summed E-state index contributed by atoms with van der Waals surface area (Å²) in [5.41, 5.74) is -1.57. The van der Waals surface area contributed by atoms with Crippen molar-refractivity contribution < 1.29 is 56.1 Å². The summed E-state index contributed by atoms with van der Waals surface area (Å²) in [6.45, 7) is 3.40. The van der Waals surface area contributed by atoms with Crippen molar-refractivity contribution in [3.05, 3.63) is 82.7 Å². The van der Waals surface area contributed by atoms with Gasteiger partial charge in [-0.05, 0) is 37.2 Å². The van der Waals surface area contributed by atoms with Crippen molar-refractivity contribution in [2.45, 2.75) is 47.8 Å². The Hall–Kier alpha value is -4.30. The zero-order valence-corrected chi connectivity index (χ0v) is 26.6. The lowest BCUT2D eigenvalue weighted by Gasteiger charge is -2.50. The lowest BCUT2D eigenvalue weighted by molar-refractivity contribution is -0.142. The van der Waals surface area contributed by atoms with Crippen molar-refractivity contribution in [1.29, 1.82) is 0 Å². The number of imide groups is 2. The smallest absolute Gasteiger partial charge is 0.303 e. The molecule has 0 radical (unpaired) electrons. The molecule has 2 aromatic rings. The van der Waals surface area contributed by atoms with Crippen molar-refractivity contribution >= 4 is 58.5 Å². The van der Waals surface area contributed by atoms with E-state index in [1.165, 1.54) is 30.4 Å². The number of hydrogen-bond acceptors (Lipinski definition) is 6. The summed E-state index contributed by atoms with van der Waals surface area (Å²) in [5, 5.41) is 20.5. The van der Waals surface area contributed by atoms with Gasteiger partial charge in [-0.15, -0.1) is 29.8 Å². The summed E-state index contributed by atoms with van der Waals surface area (Å²) in [7, 11) is 0. The van der Waals surface area contributed by atoms with Crippen molar-refractivity contribution in [1.82, 2.24) is 4.90 Å². The number of hydrogen-bond donors (Lipinski definition) is 2. The number of carbonyl (C=O) groups excluding carboxylic acids is 4. The summed E-state index contributed by atoms with van der Waals surface area (Å²) in [4.78, 5) is 62.0. The van der Waals surface area contributed by atoms with Gasteiger partial charge in [0, 0.05) is 24.4 Å². The summed E-state index contributed by atoms with van der Waals surface area (Å²) in [6.07, 6.45) is 1.86. The average molecular weight is 727 g/mol. The first-order valence-electron chi connectivity index (χ1n) is 15.0. The number of alkyl halides is 2. The van der Waals surface area contributed by atoms with Crippen LogP contribution in [-0.2, 0) is 30.4 Å². The predicted molar refractivity (Wildman–Crippen MR) is 162 cm³/mol. The molecule has 3 fully saturated rings. The minimum absolute atomic E-state index is 0.0576. The van der Waals surface area contributed by atoms with Crippen LogP contribution in [0, 0.1) is 46.8 Å². The first-order valence-corrected chi connectivity index (χ1v) is 15.8. The predicted octanol–water partition coefficient (Wildman–Crippen LogP) is 5.24. The van der Waals surface area contributed by atoms with Crippen molar-refractivity contribution in [2.75, 3.05) is 11.4 Å². The van der Waals surface area contributed by atoms with Gasteiger partial charge in [-0.1, -0.05) is 35.9 Å². The number of benzene rings is 2. The first-order chi connectivity index (χ1) is 23.0. The third kappa shape index (κ3) is 4.66. The molecule has 2 heterocycles. The summed E-state index contributed by atoms with van der Waals surface area (Å²) >= 11 is 14.2. The molecule has 6 unspecified atom stereocenters. The number of fused-ring (bicyclic) bond motifs is 4. The number of carboxylic acid groups (broad SMARTS) is 1. The maximum absolute atomic E-state index is 15.2. The van der Waals surface area contributed by atoms with Crippen LogP contribution in [0.2, 0.25) is 0 Å². The Balaban J connectivity index is 1.56. The molecule has 6 rings (SSSR count). The molecule has 2 aliphatic carbocycles. The number of aliphatic carboxylic acids is 1. The molecular weight excluding hydrogens is 702 g/mol. The zero-order valence-electron chi connectivity index (χ0n) is 25.1. The molecule has 0 aromatic heterocycles. The highest BCUT2D eigenvalue weighted by Crippen LogP contribution is 2.66. The van der Waals surface area contributed by atoms with Gasteiger partial charge in [0.2, 0.25) is 17.6 Å². The summed E-state index contributed by atoms with van der Waals surface area (Å²) in [6, 6.07) is 4.32. The summed E-state index contributed by atoms with van der Waals surface area (Å²) < 4.78 is 73.1. The van der Waals surface area contributed by atoms with Crippen LogP contribution in [0.25, 0.3) is 0 Å². The molecule has 4 amide bonds. The number of rotatable bonds is 8. The van der Waals surface area contributed by atoms with Gasteiger partial charge in [-0.3, -0.25) is 28.9 Å². The molecular formula is C33H25Cl2F5N2O7. The monoisotopic (exact) mass is 726 g/mol. The Morgan fingerprint density at radius 2 is 1.59 bits per heavy atom. The average Bonchev–Trinajstić information content (AvgIpc) is 3.38. The van der Waals surface area contributed by atoms with Crippen LogP contribution < -0.4 is 4.90 Å². The quantitative estimate of drug-likeness (QED) is 0.0950. The number of anilines is 1. The van der Waals surface area contributed by atoms with Crippen LogP contribution >= 0.6 is 23.2 Å². The number of amides is 4. The highest BCUT2D eigenvalue weighted by Gasteiger charge is 2.77. The maximum Gasteiger partial charge on any atom is 0.303 e. The van der Waals surface area contributed by atoms with Crippen molar-refractivity contribution in [3.8, 4) is 5.75 Å². The third-order valence-corrected chi connectivity index (χ3v) is 11.3. The van der Waals surface area contributed by atoms with Gasteiger partial charge in [-0.2, -0.15) is 0 Å². The normalized spacial score (nSPS) is 29.2. The van der Waals surface area contributed by atoms with Gasteiger partial charge >= 0.3 is 5.97 Å². The van der Waals surface area contributed by atoms with E-state index in [2.05, 4.69) is 6.58 Å². The Morgan fingerprint density at radius 3 is 2.20 bits per heavy atom. The van der Waals surface area contributed by atoms with Gasteiger partial charge in [0.25, 0.3) is 11.8 Å². The van der Waals surface area contributed by atoms with Crippen molar-refractivity contribution in [2.24, 2.45) is 17.8 Å². The number of halogens is 7. The van der Waals surface area contributed by atoms with E-state index in [1.54, 1.807) is 0 Å². The number of allylic oxidation sites excluding steroid dienone is 3. The minimum atomic E-state index is -2.78. The molecule has 2 saturated heterocycles. The second-order valence-electron chi connectivity index (χ2n) is 12.4. The van der Waals surface area contributed by atoms with Crippen LogP contribution in [0.1, 0.15) is 42.7 Å². The van der Waals surface area contributed by atoms with E-state index in [1.807, 2.05) is 0 Å². The topological polar surface area (TPSA) is 132 Å². The van der Waals surface area contributed by atoms with Gasteiger partial charge in [-0.25, -0.2) is 26.9 Å². The van der Waals surface area contributed by atoms with Crippen molar-refractivity contribution in [3.63, 3.8) is 0 Å². The molecule has 9 nitrogen and oxygen atoms in total. The third-order valence-electron chi connectivity index (χ3n) is 9.91. The fourth-order valence-corrected chi connectivity index (χ4v) is 8.68. The molecule has 2 aromatic carbocycles. The van der Waals surface area contributed by atoms with Crippen LogP contribution in [0.5, 0.6) is 5.75 Å². The Bertz CT molecular complexity index is 1890. The molecule has 4 aliphatic rings. The fourth-order valence-electron chi connectivity index (χ4n) is 7.75. The molecule has 16 heteroatoms. The zero-order chi connectivity index (χ0) is 35.9. The highest BCUT2D eigenvalue weighted by atomic mass is 35.5. The minimum Gasteiger partial charge on any atom is -0.507 e. The van der Waals surface area contributed by atoms with E-state index >= 15 is 8.78 Å². The van der Waals surface area contributed by atoms with Crippen LogP contribution in [0.4, 0.5) is 27.6 Å². The van der Waals surface area contributed by atoms with Gasteiger partial charge in [0.1, 0.15) is 11.4 Å². The van der Waals surface area contributed by atoms with Crippen LogP contribution in [-0.4, -0.2) is 61.0 Å². The van der Waals surface area contributed by atoms with E-state index in [0.717, 1.165) is 4.90 Å². The lowest BCUT2D eigenvalue weighted by atomic mass is 9.56. The molecule has 2 aliphatic heterocycles. The Morgan fingerprint density at radius 1 is 0.959 bits per heavy atom. The summed E-state index contributed by atoms with van der Waals surface area (Å²) in [5.74, 6) is -23.7. The molecule has 2 N–H and O–H groups in total. The number of nitrogens with zero attached hydrogens (tertiary/aromatic N) is 2. The molecule has 49 heavy (non-hydrogen) atoms. The van der Waals surface area contributed by atoms with Crippen LogP contribution in [0.3, 0.4) is 0 Å².